The molecule has 0 radical (unpaired) electrons. The van der Waals surface area contributed by atoms with E-state index in [2.05, 4.69) is 20.3 Å². The van der Waals surface area contributed by atoms with Crippen molar-refractivity contribution in [1.29, 1.82) is 0 Å². The third-order valence-corrected chi connectivity index (χ3v) is 7.47. The molecule has 2 aromatic heterocycles. The van der Waals surface area contributed by atoms with Gasteiger partial charge in [-0.1, -0.05) is 30.3 Å². The van der Waals surface area contributed by atoms with E-state index in [9.17, 15) is 27.9 Å². The number of likely N-dealkylation sites (tertiary alicyclic amines) is 1. The molecule has 0 bridgehead atoms. The lowest BCUT2D eigenvalue weighted by Gasteiger charge is -2.30. The van der Waals surface area contributed by atoms with E-state index in [0.29, 0.717) is 55.8 Å². The second-order valence-electron chi connectivity index (χ2n) is 10.1. The number of amides is 1. The third kappa shape index (κ3) is 6.22. The molecule has 3 aromatic rings. The number of pyridine rings is 1. The van der Waals surface area contributed by atoms with Crippen LogP contribution in [0.3, 0.4) is 0 Å². The van der Waals surface area contributed by atoms with Gasteiger partial charge in [0.05, 0.1) is 18.3 Å². The summed E-state index contributed by atoms with van der Waals surface area (Å²) in [6.45, 7) is 1.46. The first-order valence-corrected chi connectivity index (χ1v) is 13.2. The summed E-state index contributed by atoms with van der Waals surface area (Å²) in [6.07, 6.45) is 1.60. The van der Waals surface area contributed by atoms with Crippen molar-refractivity contribution >= 4 is 23.5 Å². The number of carbonyl (C=O) groups excluding carboxylic acids is 1. The molecule has 0 aliphatic carbocycles. The molecule has 210 valence electrons. The van der Waals surface area contributed by atoms with E-state index in [-0.39, 0.29) is 30.4 Å². The highest BCUT2D eigenvalue weighted by Crippen LogP contribution is 2.35. The number of nitrogens with zero attached hydrogens (tertiary/aromatic N) is 5. The van der Waals surface area contributed by atoms with Crippen LogP contribution in [0.4, 0.5) is 24.8 Å². The summed E-state index contributed by atoms with van der Waals surface area (Å²) in [5.74, 6) is -0.970. The van der Waals surface area contributed by atoms with Crippen LogP contribution in [-0.2, 0) is 11.3 Å². The lowest BCUT2D eigenvalue weighted by molar-refractivity contribution is -0.177. The smallest absolute Gasteiger partial charge is 0.404 e. The number of carboxylic acid groups (broad SMARTS) is 1. The van der Waals surface area contributed by atoms with Crippen molar-refractivity contribution in [2.45, 2.75) is 44.4 Å². The van der Waals surface area contributed by atoms with Gasteiger partial charge in [-0.15, -0.1) is 0 Å². The number of piperidine rings is 1. The predicted octanol–water partition coefficient (Wildman–Crippen LogP) is 4.62. The van der Waals surface area contributed by atoms with Crippen LogP contribution in [-0.4, -0.2) is 68.7 Å². The average molecular weight is 555 g/mol. The van der Waals surface area contributed by atoms with Gasteiger partial charge >= 0.3 is 12.1 Å². The van der Waals surface area contributed by atoms with E-state index in [1.165, 1.54) is 17.3 Å². The zero-order valence-corrected chi connectivity index (χ0v) is 21.6. The minimum atomic E-state index is -4.31. The van der Waals surface area contributed by atoms with E-state index >= 15 is 0 Å². The van der Waals surface area contributed by atoms with Gasteiger partial charge in [-0.2, -0.15) is 13.2 Å². The monoisotopic (exact) mass is 554 g/mol. The quantitative estimate of drug-likeness (QED) is 0.435. The van der Waals surface area contributed by atoms with E-state index in [4.69, 9.17) is 0 Å². The highest BCUT2D eigenvalue weighted by Gasteiger charge is 2.45. The van der Waals surface area contributed by atoms with E-state index in [0.717, 1.165) is 5.56 Å². The van der Waals surface area contributed by atoms with Crippen LogP contribution in [0.15, 0.2) is 55.0 Å². The molecule has 1 atom stereocenters. The van der Waals surface area contributed by atoms with Gasteiger partial charge < -0.3 is 15.3 Å². The first-order valence-electron chi connectivity index (χ1n) is 13.2. The molecule has 2 aliphatic heterocycles. The molecule has 4 heterocycles. The molecule has 9 nitrogen and oxygen atoms in total. The van der Waals surface area contributed by atoms with Crippen molar-refractivity contribution in [3.05, 3.63) is 66.2 Å². The van der Waals surface area contributed by atoms with Crippen molar-refractivity contribution in [3.8, 4) is 11.1 Å². The van der Waals surface area contributed by atoms with Crippen molar-refractivity contribution in [3.63, 3.8) is 0 Å². The summed E-state index contributed by atoms with van der Waals surface area (Å²) in [5, 5.41) is 11.9. The Labute approximate surface area is 229 Å². The number of halogens is 3. The van der Waals surface area contributed by atoms with Crippen molar-refractivity contribution < 1.29 is 27.9 Å². The molecule has 0 spiro atoms. The van der Waals surface area contributed by atoms with Gasteiger partial charge in [-0.05, 0) is 49.4 Å². The number of aliphatic carboxylic acids is 1. The Hall–Kier alpha value is -4.06. The third-order valence-electron chi connectivity index (χ3n) is 7.47. The molecule has 1 aromatic carbocycles. The van der Waals surface area contributed by atoms with Crippen molar-refractivity contribution in [1.82, 2.24) is 19.9 Å². The fourth-order valence-corrected chi connectivity index (χ4v) is 5.32. The number of hydrogen-bond donors (Lipinski definition) is 2. The second-order valence-corrected chi connectivity index (χ2v) is 10.1. The minimum Gasteiger partial charge on any atom is -0.481 e. The first-order chi connectivity index (χ1) is 19.2. The molecule has 12 heteroatoms. The van der Waals surface area contributed by atoms with Gasteiger partial charge in [-0.25, -0.2) is 15.0 Å². The summed E-state index contributed by atoms with van der Waals surface area (Å²) < 4.78 is 40.9. The fraction of sp³-hybridized carbons (Fsp3) is 0.393. The lowest BCUT2D eigenvalue weighted by atomic mass is 9.97. The maximum atomic E-state index is 13.6. The van der Waals surface area contributed by atoms with Gasteiger partial charge in [0.1, 0.15) is 23.4 Å². The maximum absolute atomic E-state index is 13.6. The molecule has 2 aliphatic rings. The number of carboxylic acids is 1. The first kappa shape index (κ1) is 27.5. The molecule has 0 saturated carbocycles. The van der Waals surface area contributed by atoms with Crippen molar-refractivity contribution in [2.24, 2.45) is 5.92 Å². The predicted molar refractivity (Wildman–Crippen MR) is 142 cm³/mol. The molecule has 2 N–H and O–H groups in total. The zero-order valence-electron chi connectivity index (χ0n) is 21.6. The summed E-state index contributed by atoms with van der Waals surface area (Å²) in [5.41, 5.74) is 2.19. The van der Waals surface area contributed by atoms with Gasteiger partial charge in [0.2, 0.25) is 0 Å². The highest BCUT2D eigenvalue weighted by molar-refractivity contribution is 6.02. The number of rotatable bonds is 7. The SMILES string of the molecule is O=C(Nc1cc(CN2CCCC2C(F)(F)F)c(-c2ccccc2)cn1)c1cnc(N2CCC(C(=O)O)CC2)cn1. The Morgan fingerprint density at radius 1 is 0.975 bits per heavy atom. The number of nitrogens with one attached hydrogen (secondary N) is 1. The summed E-state index contributed by atoms with van der Waals surface area (Å²) >= 11 is 0. The normalized spacial score (nSPS) is 18.6. The molecule has 1 amide bonds. The molecule has 5 rings (SSSR count). The second kappa shape index (κ2) is 11.6. The van der Waals surface area contributed by atoms with Gasteiger partial charge in [0.25, 0.3) is 5.91 Å². The number of anilines is 2. The van der Waals surface area contributed by atoms with E-state index in [1.807, 2.05) is 35.2 Å². The number of benzene rings is 1. The summed E-state index contributed by atoms with van der Waals surface area (Å²) in [6, 6.07) is 9.39. The van der Waals surface area contributed by atoms with Crippen LogP contribution in [0.5, 0.6) is 0 Å². The van der Waals surface area contributed by atoms with Crippen LogP contribution in [0.25, 0.3) is 11.1 Å². The largest absolute Gasteiger partial charge is 0.481 e. The van der Waals surface area contributed by atoms with Crippen LogP contribution < -0.4 is 10.2 Å². The molecule has 40 heavy (non-hydrogen) atoms. The number of carbonyl (C=O) groups is 2. The minimum absolute atomic E-state index is 0.0522. The van der Waals surface area contributed by atoms with Crippen LogP contribution in [0.2, 0.25) is 0 Å². The standard InChI is InChI=1S/C28H29F3N6O3/c29-28(30,31)23-7-4-10-37(23)17-20-13-24(33-14-21(20)18-5-2-1-3-6-18)35-26(38)22-15-34-25(16-32-22)36-11-8-19(9-12-36)27(39)40/h1-3,5-6,13-16,19,23H,4,7-12,17H2,(H,39,40)(H,33,35,38). The van der Waals surface area contributed by atoms with Crippen LogP contribution in [0, 0.1) is 5.92 Å². The van der Waals surface area contributed by atoms with Crippen LogP contribution in [0.1, 0.15) is 41.7 Å². The number of aromatic nitrogens is 3. The van der Waals surface area contributed by atoms with E-state index < -0.39 is 24.1 Å². The van der Waals surface area contributed by atoms with Gasteiger partial charge in [0.15, 0.2) is 0 Å². The Morgan fingerprint density at radius 3 is 2.38 bits per heavy atom. The molecule has 1 unspecified atom stereocenters. The van der Waals surface area contributed by atoms with Crippen molar-refractivity contribution in [2.75, 3.05) is 29.9 Å². The summed E-state index contributed by atoms with van der Waals surface area (Å²) in [4.78, 5) is 40.4. The zero-order chi connectivity index (χ0) is 28.3. The molecule has 2 fully saturated rings. The molecular formula is C28H29F3N6O3. The number of alkyl halides is 3. The Morgan fingerprint density at radius 2 is 1.73 bits per heavy atom. The van der Waals surface area contributed by atoms with E-state index in [1.54, 1.807) is 12.3 Å². The van der Waals surface area contributed by atoms with Gasteiger partial charge in [-0.3, -0.25) is 14.5 Å². The Kier molecular flexibility index (Phi) is 7.97. The highest BCUT2D eigenvalue weighted by atomic mass is 19.4. The average Bonchev–Trinajstić information content (AvgIpc) is 3.43. The van der Waals surface area contributed by atoms with Gasteiger partial charge in [0, 0.05) is 31.4 Å². The Balaban J connectivity index is 1.32. The lowest BCUT2D eigenvalue weighted by Crippen LogP contribution is -2.40. The summed E-state index contributed by atoms with van der Waals surface area (Å²) in [7, 11) is 0. The molecular weight excluding hydrogens is 525 g/mol. The topological polar surface area (TPSA) is 112 Å². The Bertz CT molecular complexity index is 1350. The maximum Gasteiger partial charge on any atom is 0.404 e. The fourth-order valence-electron chi connectivity index (χ4n) is 5.32. The molecule has 2 saturated heterocycles. The number of hydrogen-bond acceptors (Lipinski definition) is 7. The van der Waals surface area contributed by atoms with Crippen LogP contribution >= 0.6 is 0 Å².